The first kappa shape index (κ1) is 14.8. The molecule has 1 heterocycles. The lowest BCUT2D eigenvalue weighted by molar-refractivity contribution is 0.0899. The Labute approximate surface area is 130 Å². The summed E-state index contributed by atoms with van der Waals surface area (Å²) in [6.07, 6.45) is 2.97. The van der Waals surface area contributed by atoms with Crippen molar-refractivity contribution >= 4 is 5.91 Å². The summed E-state index contributed by atoms with van der Waals surface area (Å²) < 4.78 is 6.98. The summed E-state index contributed by atoms with van der Waals surface area (Å²) in [4.78, 5) is 12.5. The maximum atomic E-state index is 12.5. The second-order valence-corrected chi connectivity index (χ2v) is 5.70. The van der Waals surface area contributed by atoms with E-state index in [2.05, 4.69) is 10.4 Å². The highest BCUT2D eigenvalue weighted by molar-refractivity contribution is 5.94. The normalized spacial score (nSPS) is 14.6. The van der Waals surface area contributed by atoms with E-state index in [-0.39, 0.29) is 11.9 Å². The van der Waals surface area contributed by atoms with Gasteiger partial charge >= 0.3 is 0 Å². The monoisotopic (exact) mass is 299 g/mol. The predicted molar refractivity (Wildman–Crippen MR) is 84.4 cm³/mol. The van der Waals surface area contributed by atoms with Gasteiger partial charge in [-0.2, -0.15) is 5.10 Å². The summed E-state index contributed by atoms with van der Waals surface area (Å²) in [6.45, 7) is 2.42. The van der Waals surface area contributed by atoms with Crippen LogP contribution in [0, 0.1) is 0 Å². The largest absolute Gasteiger partial charge is 0.383 e. The number of aromatic nitrogens is 2. The third kappa shape index (κ3) is 2.76. The van der Waals surface area contributed by atoms with Crippen LogP contribution in [0.2, 0.25) is 0 Å². The molecule has 1 N–H and O–H groups in total. The van der Waals surface area contributed by atoms with Crippen molar-refractivity contribution in [1.82, 2.24) is 15.1 Å². The molecule has 3 rings (SSSR count). The highest BCUT2D eigenvalue weighted by Gasteiger charge is 2.27. The Bertz CT molecular complexity index is 664. The van der Waals surface area contributed by atoms with Gasteiger partial charge in [0.25, 0.3) is 5.91 Å². The second kappa shape index (κ2) is 6.32. The van der Waals surface area contributed by atoms with Crippen molar-refractivity contribution in [3.63, 3.8) is 0 Å². The molecule has 0 unspecified atom stereocenters. The van der Waals surface area contributed by atoms with Gasteiger partial charge in [0.05, 0.1) is 12.3 Å². The van der Waals surface area contributed by atoms with Crippen LogP contribution in [-0.4, -0.2) is 35.4 Å². The summed E-state index contributed by atoms with van der Waals surface area (Å²) in [5, 5.41) is 7.53. The SMILES string of the molecule is COC[C@@H](C)NC(=O)c1nn(-c2ccccc2)c2c1CCC2. The van der Waals surface area contributed by atoms with Crippen LogP contribution < -0.4 is 5.32 Å². The first-order valence-electron chi connectivity index (χ1n) is 7.66. The van der Waals surface area contributed by atoms with E-state index >= 15 is 0 Å². The molecule has 1 aromatic heterocycles. The molecule has 1 aromatic carbocycles. The molecule has 0 saturated carbocycles. The van der Waals surface area contributed by atoms with Gasteiger partial charge in [-0.1, -0.05) is 18.2 Å². The number of hydrogen-bond donors (Lipinski definition) is 1. The number of benzene rings is 1. The van der Waals surface area contributed by atoms with Crippen LogP contribution in [0.3, 0.4) is 0 Å². The molecule has 0 spiro atoms. The highest BCUT2D eigenvalue weighted by Crippen LogP contribution is 2.27. The summed E-state index contributed by atoms with van der Waals surface area (Å²) in [6, 6.07) is 9.95. The number of carbonyl (C=O) groups excluding carboxylic acids is 1. The van der Waals surface area contributed by atoms with Crippen LogP contribution in [0.5, 0.6) is 0 Å². The molecule has 1 aliphatic carbocycles. The first-order valence-corrected chi connectivity index (χ1v) is 7.66. The Hall–Kier alpha value is -2.14. The van der Waals surface area contributed by atoms with E-state index in [0.717, 1.165) is 36.2 Å². The number of ether oxygens (including phenoxy) is 1. The van der Waals surface area contributed by atoms with Crippen molar-refractivity contribution < 1.29 is 9.53 Å². The van der Waals surface area contributed by atoms with Crippen LogP contribution in [0.1, 0.15) is 35.1 Å². The molecule has 1 amide bonds. The van der Waals surface area contributed by atoms with E-state index in [9.17, 15) is 4.79 Å². The number of nitrogens with one attached hydrogen (secondary N) is 1. The van der Waals surface area contributed by atoms with Gasteiger partial charge in [0.2, 0.25) is 0 Å². The summed E-state index contributed by atoms with van der Waals surface area (Å²) >= 11 is 0. The predicted octanol–water partition coefficient (Wildman–Crippen LogP) is 2.13. The third-order valence-corrected chi connectivity index (χ3v) is 3.94. The molecule has 0 fully saturated rings. The fraction of sp³-hybridized carbons (Fsp3) is 0.412. The van der Waals surface area contributed by atoms with E-state index in [4.69, 9.17) is 4.74 Å². The number of rotatable bonds is 5. The molecule has 0 radical (unpaired) electrons. The van der Waals surface area contributed by atoms with Gasteiger partial charge in [-0.05, 0) is 38.3 Å². The van der Waals surface area contributed by atoms with Crippen molar-refractivity contribution in [2.75, 3.05) is 13.7 Å². The summed E-state index contributed by atoms with van der Waals surface area (Å²) in [5.41, 5.74) is 3.81. The summed E-state index contributed by atoms with van der Waals surface area (Å²) in [5.74, 6) is -0.114. The standard InChI is InChI=1S/C17H21N3O2/c1-12(11-22-2)18-17(21)16-14-9-6-10-15(14)20(19-16)13-7-4-3-5-8-13/h3-5,7-8,12H,6,9-11H2,1-2H3,(H,18,21)/t12-/m1/s1. The van der Waals surface area contributed by atoms with Crippen molar-refractivity contribution in [3.8, 4) is 5.69 Å². The minimum atomic E-state index is -0.114. The highest BCUT2D eigenvalue weighted by atomic mass is 16.5. The smallest absolute Gasteiger partial charge is 0.272 e. The quantitative estimate of drug-likeness (QED) is 0.920. The molecule has 0 aliphatic heterocycles. The maximum absolute atomic E-state index is 12.5. The first-order chi connectivity index (χ1) is 10.7. The fourth-order valence-electron chi connectivity index (χ4n) is 2.99. The molecular weight excluding hydrogens is 278 g/mol. The fourth-order valence-corrected chi connectivity index (χ4v) is 2.99. The van der Waals surface area contributed by atoms with Crippen molar-refractivity contribution in [1.29, 1.82) is 0 Å². The molecular formula is C17H21N3O2. The lowest BCUT2D eigenvalue weighted by Gasteiger charge is -2.11. The lowest BCUT2D eigenvalue weighted by Crippen LogP contribution is -2.36. The van der Waals surface area contributed by atoms with E-state index < -0.39 is 0 Å². The van der Waals surface area contributed by atoms with Gasteiger partial charge in [-0.15, -0.1) is 0 Å². The topological polar surface area (TPSA) is 56.1 Å². The Morgan fingerprint density at radius 2 is 2.14 bits per heavy atom. The van der Waals surface area contributed by atoms with Crippen molar-refractivity contribution in [2.45, 2.75) is 32.2 Å². The molecule has 0 bridgehead atoms. The number of carbonyl (C=O) groups is 1. The Morgan fingerprint density at radius 1 is 1.36 bits per heavy atom. The van der Waals surface area contributed by atoms with E-state index in [0.29, 0.717) is 12.3 Å². The Kier molecular flexibility index (Phi) is 4.24. The van der Waals surface area contributed by atoms with Crippen molar-refractivity contribution in [2.24, 2.45) is 0 Å². The third-order valence-electron chi connectivity index (χ3n) is 3.94. The van der Waals surface area contributed by atoms with Crippen LogP contribution in [0.15, 0.2) is 30.3 Å². The van der Waals surface area contributed by atoms with Gasteiger partial charge in [0.15, 0.2) is 5.69 Å². The molecule has 0 saturated heterocycles. The van der Waals surface area contributed by atoms with E-state index in [1.54, 1.807) is 7.11 Å². The second-order valence-electron chi connectivity index (χ2n) is 5.70. The minimum Gasteiger partial charge on any atom is -0.383 e. The number of hydrogen-bond acceptors (Lipinski definition) is 3. The number of nitrogens with zero attached hydrogens (tertiary/aromatic N) is 2. The molecule has 22 heavy (non-hydrogen) atoms. The molecule has 2 aromatic rings. The minimum absolute atomic E-state index is 0.0311. The van der Waals surface area contributed by atoms with Crippen molar-refractivity contribution in [3.05, 3.63) is 47.3 Å². The van der Waals surface area contributed by atoms with Gasteiger partial charge in [-0.25, -0.2) is 4.68 Å². The van der Waals surface area contributed by atoms with E-state index in [1.807, 2.05) is 41.9 Å². The lowest BCUT2D eigenvalue weighted by atomic mass is 10.2. The number of para-hydroxylation sites is 1. The van der Waals surface area contributed by atoms with Gasteiger partial charge in [0.1, 0.15) is 0 Å². The average molecular weight is 299 g/mol. The average Bonchev–Trinajstić information content (AvgIpc) is 3.10. The molecule has 1 aliphatic rings. The maximum Gasteiger partial charge on any atom is 0.272 e. The van der Waals surface area contributed by atoms with Crippen LogP contribution in [0.4, 0.5) is 0 Å². The molecule has 116 valence electrons. The number of fused-ring (bicyclic) bond motifs is 1. The number of methoxy groups -OCH3 is 1. The molecule has 5 heteroatoms. The number of amides is 1. The zero-order chi connectivity index (χ0) is 15.5. The van der Waals surface area contributed by atoms with Gasteiger partial charge in [0, 0.05) is 24.4 Å². The Balaban J connectivity index is 1.92. The zero-order valence-electron chi connectivity index (χ0n) is 13.0. The van der Waals surface area contributed by atoms with E-state index in [1.165, 1.54) is 0 Å². The molecule has 1 atom stereocenters. The van der Waals surface area contributed by atoms with Crippen LogP contribution in [0.25, 0.3) is 5.69 Å². The molecule has 5 nitrogen and oxygen atoms in total. The Morgan fingerprint density at radius 3 is 2.86 bits per heavy atom. The zero-order valence-corrected chi connectivity index (χ0v) is 13.0. The van der Waals surface area contributed by atoms with Gasteiger partial charge < -0.3 is 10.1 Å². The summed E-state index contributed by atoms with van der Waals surface area (Å²) in [7, 11) is 1.63. The van der Waals surface area contributed by atoms with Crippen LogP contribution in [-0.2, 0) is 17.6 Å². The van der Waals surface area contributed by atoms with Crippen LogP contribution >= 0.6 is 0 Å². The van der Waals surface area contributed by atoms with Gasteiger partial charge in [-0.3, -0.25) is 4.79 Å².